The Morgan fingerprint density at radius 1 is 1.47 bits per heavy atom. The summed E-state index contributed by atoms with van der Waals surface area (Å²) in [4.78, 5) is 22.1. The van der Waals surface area contributed by atoms with Gasteiger partial charge in [0.2, 0.25) is 5.91 Å². The molecule has 3 N–H and O–H groups in total. The summed E-state index contributed by atoms with van der Waals surface area (Å²) in [5.41, 5.74) is 6.31. The summed E-state index contributed by atoms with van der Waals surface area (Å²) in [6, 6.07) is 4.61. The van der Waals surface area contributed by atoms with E-state index in [9.17, 15) is 14.9 Å². The quantitative estimate of drug-likeness (QED) is 0.630. The van der Waals surface area contributed by atoms with Crippen molar-refractivity contribution in [1.29, 1.82) is 0 Å². The summed E-state index contributed by atoms with van der Waals surface area (Å²) in [6.45, 7) is 5.30. The van der Waals surface area contributed by atoms with E-state index in [1.807, 2.05) is 13.8 Å². The highest BCUT2D eigenvalue weighted by Gasteiger charge is 2.16. The van der Waals surface area contributed by atoms with E-state index in [-0.39, 0.29) is 18.0 Å². The third-order valence-electron chi connectivity index (χ3n) is 2.77. The number of rotatable bonds is 5. The van der Waals surface area contributed by atoms with Crippen LogP contribution in [0.5, 0.6) is 0 Å². The predicted octanol–water partition coefficient (Wildman–Crippen LogP) is 2.36. The van der Waals surface area contributed by atoms with Crippen LogP contribution in [0.3, 0.4) is 0 Å². The van der Waals surface area contributed by atoms with E-state index < -0.39 is 10.5 Å². The second-order valence-electron chi connectivity index (χ2n) is 5.24. The van der Waals surface area contributed by atoms with E-state index >= 15 is 0 Å². The summed E-state index contributed by atoms with van der Waals surface area (Å²) in [6.07, 6.45) is 0.832. The van der Waals surface area contributed by atoms with Gasteiger partial charge in [0, 0.05) is 18.0 Å². The van der Waals surface area contributed by atoms with Gasteiger partial charge in [0.25, 0.3) is 5.69 Å². The van der Waals surface area contributed by atoms with Gasteiger partial charge in [-0.05, 0) is 33.3 Å². The van der Waals surface area contributed by atoms with Gasteiger partial charge >= 0.3 is 0 Å². The van der Waals surface area contributed by atoms with Gasteiger partial charge in [0.15, 0.2) is 0 Å². The van der Waals surface area contributed by atoms with Gasteiger partial charge in [0.05, 0.1) is 16.2 Å². The van der Waals surface area contributed by atoms with E-state index in [0.717, 1.165) is 0 Å². The van der Waals surface area contributed by atoms with Gasteiger partial charge in [-0.1, -0.05) is 6.07 Å². The van der Waals surface area contributed by atoms with E-state index in [4.69, 9.17) is 5.73 Å². The Labute approximate surface area is 112 Å². The third-order valence-corrected chi connectivity index (χ3v) is 2.77. The van der Waals surface area contributed by atoms with Crippen molar-refractivity contribution in [2.45, 2.75) is 39.2 Å². The molecule has 1 amide bonds. The van der Waals surface area contributed by atoms with Crippen molar-refractivity contribution in [3.63, 3.8) is 0 Å². The second-order valence-corrected chi connectivity index (χ2v) is 5.24. The van der Waals surface area contributed by atoms with Gasteiger partial charge in [-0.15, -0.1) is 0 Å². The largest absolute Gasteiger partial charge is 0.326 e. The first kappa shape index (κ1) is 15.1. The van der Waals surface area contributed by atoms with E-state index in [1.54, 1.807) is 19.1 Å². The zero-order chi connectivity index (χ0) is 14.6. The number of anilines is 1. The minimum Gasteiger partial charge on any atom is -0.326 e. The maximum atomic E-state index is 11.8. The number of amides is 1. The molecule has 1 aromatic rings. The first-order valence-corrected chi connectivity index (χ1v) is 6.03. The highest BCUT2D eigenvalue weighted by atomic mass is 16.6. The molecule has 0 aliphatic heterocycles. The lowest BCUT2D eigenvalue weighted by Crippen LogP contribution is -2.33. The summed E-state index contributed by atoms with van der Waals surface area (Å²) >= 11 is 0. The standard InChI is InChI=1S/C13H19N3O3/c1-9-10(5-4-6-11(9)16(18)19)15-12(17)7-8-13(2,3)14/h4-6H,7-8,14H2,1-3H3,(H,15,17). The van der Waals surface area contributed by atoms with Crippen molar-refractivity contribution in [3.8, 4) is 0 Å². The molecule has 0 radical (unpaired) electrons. The lowest BCUT2D eigenvalue weighted by molar-refractivity contribution is -0.385. The van der Waals surface area contributed by atoms with Crippen LogP contribution in [0.2, 0.25) is 0 Å². The number of nitrogens with one attached hydrogen (secondary N) is 1. The maximum absolute atomic E-state index is 11.8. The van der Waals surface area contributed by atoms with Gasteiger partial charge < -0.3 is 11.1 Å². The molecular formula is C13H19N3O3. The van der Waals surface area contributed by atoms with Gasteiger partial charge in [-0.3, -0.25) is 14.9 Å². The minimum atomic E-state index is -0.464. The smallest absolute Gasteiger partial charge is 0.274 e. The predicted molar refractivity (Wildman–Crippen MR) is 74.0 cm³/mol. The molecule has 0 fully saturated rings. The van der Waals surface area contributed by atoms with Crippen LogP contribution in [-0.4, -0.2) is 16.4 Å². The molecular weight excluding hydrogens is 246 g/mol. The van der Waals surface area contributed by atoms with Crippen LogP contribution in [-0.2, 0) is 4.79 Å². The Morgan fingerprint density at radius 2 is 2.11 bits per heavy atom. The van der Waals surface area contributed by atoms with Gasteiger partial charge in [-0.2, -0.15) is 0 Å². The van der Waals surface area contributed by atoms with E-state index in [1.165, 1.54) is 6.07 Å². The van der Waals surface area contributed by atoms with Crippen molar-refractivity contribution in [2.75, 3.05) is 5.32 Å². The molecule has 1 rings (SSSR count). The molecule has 0 heterocycles. The van der Waals surface area contributed by atoms with Crippen LogP contribution in [0.4, 0.5) is 11.4 Å². The number of nitrogens with zero attached hydrogens (tertiary/aromatic N) is 1. The molecule has 0 saturated carbocycles. The molecule has 6 heteroatoms. The first-order chi connectivity index (χ1) is 8.70. The number of carbonyl (C=O) groups excluding carboxylic acids is 1. The molecule has 0 aliphatic carbocycles. The topological polar surface area (TPSA) is 98.3 Å². The average Bonchev–Trinajstić information content (AvgIpc) is 2.28. The summed E-state index contributed by atoms with van der Waals surface area (Å²) < 4.78 is 0. The van der Waals surface area contributed by atoms with Crippen molar-refractivity contribution in [1.82, 2.24) is 0 Å². The van der Waals surface area contributed by atoms with E-state index in [2.05, 4.69) is 5.32 Å². The highest BCUT2D eigenvalue weighted by Crippen LogP contribution is 2.25. The molecule has 6 nitrogen and oxygen atoms in total. The first-order valence-electron chi connectivity index (χ1n) is 6.03. The number of hydrogen-bond donors (Lipinski definition) is 2. The Kier molecular flexibility index (Phi) is 4.61. The molecule has 19 heavy (non-hydrogen) atoms. The fraction of sp³-hybridized carbons (Fsp3) is 0.462. The van der Waals surface area contributed by atoms with Gasteiger partial charge in [0.1, 0.15) is 0 Å². The molecule has 104 valence electrons. The molecule has 0 atom stereocenters. The summed E-state index contributed by atoms with van der Waals surface area (Å²) in [5.74, 6) is -0.192. The fourth-order valence-corrected chi connectivity index (χ4v) is 1.61. The summed E-state index contributed by atoms with van der Waals surface area (Å²) in [7, 11) is 0. The van der Waals surface area contributed by atoms with Crippen LogP contribution in [0.1, 0.15) is 32.3 Å². The Balaban J connectivity index is 2.75. The monoisotopic (exact) mass is 265 g/mol. The van der Waals surface area contributed by atoms with Crippen LogP contribution < -0.4 is 11.1 Å². The van der Waals surface area contributed by atoms with E-state index in [0.29, 0.717) is 17.7 Å². The molecule has 0 saturated heterocycles. The van der Waals surface area contributed by atoms with Crippen molar-refractivity contribution in [2.24, 2.45) is 5.73 Å². The molecule has 0 unspecified atom stereocenters. The number of hydrogen-bond acceptors (Lipinski definition) is 4. The van der Waals surface area contributed by atoms with Crippen LogP contribution in [0.15, 0.2) is 18.2 Å². The van der Waals surface area contributed by atoms with Crippen LogP contribution in [0, 0.1) is 17.0 Å². The molecule has 0 spiro atoms. The number of benzene rings is 1. The maximum Gasteiger partial charge on any atom is 0.274 e. The zero-order valence-electron chi connectivity index (χ0n) is 11.4. The number of nitro benzene ring substituents is 1. The highest BCUT2D eigenvalue weighted by molar-refractivity contribution is 5.92. The molecule has 1 aromatic carbocycles. The van der Waals surface area contributed by atoms with Crippen molar-refractivity contribution < 1.29 is 9.72 Å². The average molecular weight is 265 g/mol. The minimum absolute atomic E-state index is 0.00282. The lowest BCUT2D eigenvalue weighted by Gasteiger charge is -2.17. The fourth-order valence-electron chi connectivity index (χ4n) is 1.61. The SMILES string of the molecule is Cc1c(NC(=O)CCC(C)(C)N)cccc1[N+](=O)[O-]. The molecule has 0 aliphatic rings. The Hall–Kier alpha value is -1.95. The van der Waals surface area contributed by atoms with Crippen LogP contribution in [0.25, 0.3) is 0 Å². The Morgan fingerprint density at radius 3 is 2.63 bits per heavy atom. The second kappa shape index (κ2) is 5.79. The van der Waals surface area contributed by atoms with Gasteiger partial charge in [-0.25, -0.2) is 0 Å². The van der Waals surface area contributed by atoms with Crippen LogP contribution >= 0.6 is 0 Å². The zero-order valence-corrected chi connectivity index (χ0v) is 11.4. The van der Waals surface area contributed by atoms with Crippen molar-refractivity contribution in [3.05, 3.63) is 33.9 Å². The number of nitrogens with two attached hydrogens (primary N) is 1. The normalized spacial score (nSPS) is 11.2. The van der Waals surface area contributed by atoms with Crippen molar-refractivity contribution >= 4 is 17.3 Å². The third kappa shape index (κ3) is 4.67. The molecule has 0 aromatic heterocycles. The molecule has 0 bridgehead atoms. The number of carbonyl (C=O) groups is 1. The lowest BCUT2D eigenvalue weighted by atomic mass is 10.00. The number of nitro groups is 1. The summed E-state index contributed by atoms with van der Waals surface area (Å²) in [5, 5.41) is 13.5. The Bertz CT molecular complexity index is 492.